The van der Waals surface area contributed by atoms with E-state index in [0.717, 1.165) is 11.8 Å². The van der Waals surface area contributed by atoms with Gasteiger partial charge in [-0.25, -0.2) is 0 Å². The number of nitrogens with zero attached hydrogens (tertiary/aromatic N) is 2. The molecule has 0 bridgehead atoms. The topological polar surface area (TPSA) is 48.0 Å². The fourth-order valence-corrected chi connectivity index (χ4v) is 2.11. The Labute approximate surface area is 120 Å². The lowest BCUT2D eigenvalue weighted by Crippen LogP contribution is -2.00. The van der Waals surface area contributed by atoms with Crippen LogP contribution in [0.5, 0.6) is 0 Å². The summed E-state index contributed by atoms with van der Waals surface area (Å²) >= 11 is 5.85. The van der Waals surface area contributed by atoms with E-state index in [1.807, 2.05) is 24.3 Å². The first-order valence-corrected chi connectivity index (χ1v) is 6.45. The van der Waals surface area contributed by atoms with Crippen molar-refractivity contribution in [1.29, 1.82) is 0 Å². The Morgan fingerprint density at radius 3 is 2.70 bits per heavy atom. The van der Waals surface area contributed by atoms with Crippen LogP contribution in [-0.4, -0.2) is 16.1 Å². The summed E-state index contributed by atoms with van der Waals surface area (Å²) in [6.07, 6.45) is 4.05. The van der Waals surface area contributed by atoms with Gasteiger partial charge in [-0.05, 0) is 29.8 Å². The summed E-state index contributed by atoms with van der Waals surface area (Å²) in [5.74, 6) is 0.585. The van der Waals surface area contributed by atoms with E-state index in [1.54, 1.807) is 29.3 Å². The van der Waals surface area contributed by atoms with Crippen molar-refractivity contribution < 1.29 is 9.21 Å². The third kappa shape index (κ3) is 2.51. The zero-order valence-electron chi connectivity index (χ0n) is 10.5. The van der Waals surface area contributed by atoms with Gasteiger partial charge in [-0.3, -0.25) is 9.48 Å². The maximum Gasteiger partial charge on any atom is 0.154 e. The van der Waals surface area contributed by atoms with Crippen LogP contribution in [0.3, 0.4) is 0 Å². The van der Waals surface area contributed by atoms with Gasteiger partial charge in [0.15, 0.2) is 12.0 Å². The number of furan rings is 1. The summed E-state index contributed by atoms with van der Waals surface area (Å²) in [7, 11) is 0. The summed E-state index contributed by atoms with van der Waals surface area (Å²) < 4.78 is 7.00. The summed E-state index contributed by atoms with van der Waals surface area (Å²) in [6, 6.07) is 11.1. The third-order valence-corrected chi connectivity index (χ3v) is 3.18. The Hall–Kier alpha value is -2.33. The number of hydrogen-bond donors (Lipinski definition) is 0. The molecule has 100 valence electrons. The van der Waals surface area contributed by atoms with Crippen molar-refractivity contribution in [1.82, 2.24) is 9.78 Å². The van der Waals surface area contributed by atoms with Crippen LogP contribution in [0, 0.1) is 0 Å². The highest BCUT2D eigenvalue weighted by atomic mass is 35.5. The molecule has 0 fully saturated rings. The van der Waals surface area contributed by atoms with Gasteiger partial charge in [0.05, 0.1) is 18.4 Å². The number of rotatable bonds is 4. The van der Waals surface area contributed by atoms with Crippen molar-refractivity contribution in [2.45, 2.75) is 6.54 Å². The zero-order chi connectivity index (χ0) is 13.9. The molecule has 0 unspecified atom stereocenters. The van der Waals surface area contributed by atoms with Crippen molar-refractivity contribution in [3.8, 4) is 11.5 Å². The third-order valence-electron chi connectivity index (χ3n) is 2.93. The Bertz CT molecular complexity index is 715. The second kappa shape index (κ2) is 5.35. The molecule has 3 rings (SSSR count). The van der Waals surface area contributed by atoms with Crippen LogP contribution in [-0.2, 0) is 6.54 Å². The van der Waals surface area contributed by atoms with Gasteiger partial charge in [0, 0.05) is 11.2 Å². The summed E-state index contributed by atoms with van der Waals surface area (Å²) in [5, 5.41) is 5.09. The number of carbonyl (C=O) groups excluding carboxylic acids is 1. The van der Waals surface area contributed by atoms with Crippen LogP contribution < -0.4 is 0 Å². The lowest BCUT2D eigenvalue weighted by molar-refractivity contribution is 0.112. The van der Waals surface area contributed by atoms with Crippen molar-refractivity contribution >= 4 is 17.9 Å². The molecule has 0 atom stereocenters. The average molecular weight is 287 g/mol. The van der Waals surface area contributed by atoms with Gasteiger partial charge in [0.1, 0.15) is 5.69 Å². The van der Waals surface area contributed by atoms with Gasteiger partial charge in [-0.2, -0.15) is 5.10 Å². The fourth-order valence-electron chi connectivity index (χ4n) is 1.99. The van der Waals surface area contributed by atoms with Crippen LogP contribution >= 0.6 is 11.6 Å². The summed E-state index contributed by atoms with van der Waals surface area (Å²) in [4.78, 5) is 11.1. The van der Waals surface area contributed by atoms with Crippen LogP contribution in [0.4, 0.5) is 0 Å². The van der Waals surface area contributed by atoms with Gasteiger partial charge in [0.25, 0.3) is 0 Å². The van der Waals surface area contributed by atoms with E-state index in [2.05, 4.69) is 5.10 Å². The molecule has 5 heteroatoms. The summed E-state index contributed by atoms with van der Waals surface area (Å²) in [6.45, 7) is 0.568. The van der Waals surface area contributed by atoms with Gasteiger partial charge >= 0.3 is 0 Å². The Balaban J connectivity index is 1.91. The monoisotopic (exact) mass is 286 g/mol. The molecule has 0 aliphatic heterocycles. The first kappa shape index (κ1) is 12.7. The minimum absolute atomic E-state index is 0.508. The molecule has 1 aromatic carbocycles. The molecule has 0 saturated heterocycles. The predicted molar refractivity (Wildman–Crippen MR) is 75.9 cm³/mol. The van der Waals surface area contributed by atoms with Crippen LogP contribution in [0.1, 0.15) is 15.9 Å². The Kier molecular flexibility index (Phi) is 3.39. The van der Waals surface area contributed by atoms with Gasteiger partial charge < -0.3 is 4.42 Å². The molecule has 4 nitrogen and oxygen atoms in total. The maximum atomic E-state index is 11.1. The Morgan fingerprint density at radius 1 is 1.25 bits per heavy atom. The molecule has 0 amide bonds. The molecule has 20 heavy (non-hydrogen) atoms. The van der Waals surface area contributed by atoms with Crippen LogP contribution in [0.15, 0.2) is 53.3 Å². The molecule has 0 saturated carbocycles. The summed E-state index contributed by atoms with van der Waals surface area (Å²) in [5.41, 5.74) is 2.12. The normalized spacial score (nSPS) is 10.7. The highest BCUT2D eigenvalue weighted by Crippen LogP contribution is 2.21. The molecule has 0 radical (unpaired) electrons. The van der Waals surface area contributed by atoms with Gasteiger partial charge in [-0.15, -0.1) is 0 Å². The second-order valence-electron chi connectivity index (χ2n) is 4.35. The largest absolute Gasteiger partial charge is 0.463 e. The number of halogens is 1. The molecular weight excluding hydrogens is 276 g/mol. The van der Waals surface area contributed by atoms with Crippen molar-refractivity contribution in [2.24, 2.45) is 0 Å². The standard InChI is InChI=1S/C15H11ClN2O2/c16-13-5-3-11(4-6-13)8-18-9-12(10-19)15(17-18)14-2-1-7-20-14/h1-7,9-10H,8H2. The van der Waals surface area contributed by atoms with Crippen LogP contribution in [0.2, 0.25) is 5.02 Å². The average Bonchev–Trinajstić information content (AvgIpc) is 3.10. The SMILES string of the molecule is O=Cc1cn(Cc2ccc(Cl)cc2)nc1-c1ccco1. The van der Waals surface area contributed by atoms with Crippen molar-refractivity contribution in [3.05, 3.63) is 65.0 Å². The van der Waals surface area contributed by atoms with Crippen LogP contribution in [0.25, 0.3) is 11.5 Å². The zero-order valence-corrected chi connectivity index (χ0v) is 11.2. The molecular formula is C15H11ClN2O2. The quantitative estimate of drug-likeness (QED) is 0.688. The lowest BCUT2D eigenvalue weighted by atomic mass is 10.2. The first-order chi connectivity index (χ1) is 9.76. The van der Waals surface area contributed by atoms with E-state index >= 15 is 0 Å². The van der Waals surface area contributed by atoms with Gasteiger partial charge in [-0.1, -0.05) is 23.7 Å². The molecule has 0 aliphatic rings. The maximum absolute atomic E-state index is 11.1. The number of aldehydes is 1. The second-order valence-corrected chi connectivity index (χ2v) is 4.79. The highest BCUT2D eigenvalue weighted by molar-refractivity contribution is 6.30. The molecule has 2 aromatic heterocycles. The van der Waals surface area contributed by atoms with Gasteiger partial charge in [0.2, 0.25) is 0 Å². The molecule has 0 N–H and O–H groups in total. The minimum atomic E-state index is 0.508. The Morgan fingerprint density at radius 2 is 2.05 bits per heavy atom. The number of hydrogen-bond acceptors (Lipinski definition) is 3. The smallest absolute Gasteiger partial charge is 0.154 e. The lowest BCUT2D eigenvalue weighted by Gasteiger charge is -2.01. The van der Waals surface area contributed by atoms with E-state index in [4.69, 9.17) is 16.0 Å². The van der Waals surface area contributed by atoms with Crippen molar-refractivity contribution in [3.63, 3.8) is 0 Å². The van der Waals surface area contributed by atoms with E-state index in [9.17, 15) is 4.79 Å². The molecule has 0 spiro atoms. The minimum Gasteiger partial charge on any atom is -0.463 e. The van der Waals surface area contributed by atoms with E-state index in [0.29, 0.717) is 28.6 Å². The van der Waals surface area contributed by atoms with E-state index in [1.165, 1.54) is 0 Å². The molecule has 0 aliphatic carbocycles. The molecule has 2 heterocycles. The number of benzene rings is 1. The fraction of sp³-hybridized carbons (Fsp3) is 0.0667. The van der Waals surface area contributed by atoms with Crippen molar-refractivity contribution in [2.75, 3.05) is 0 Å². The number of aromatic nitrogens is 2. The highest BCUT2D eigenvalue weighted by Gasteiger charge is 2.13. The first-order valence-electron chi connectivity index (χ1n) is 6.07. The van der Waals surface area contributed by atoms with E-state index < -0.39 is 0 Å². The molecule has 3 aromatic rings. The predicted octanol–water partition coefficient (Wildman–Crippen LogP) is 3.66. The van der Waals surface area contributed by atoms with E-state index in [-0.39, 0.29) is 0 Å². The number of carbonyl (C=O) groups is 1.